The molecule has 1 heterocycles. The van der Waals surface area contributed by atoms with Crippen molar-refractivity contribution in [1.29, 1.82) is 0 Å². The van der Waals surface area contributed by atoms with E-state index in [1.54, 1.807) is 54.5 Å². The molecule has 1 aromatic heterocycles. The van der Waals surface area contributed by atoms with Gasteiger partial charge in [0.2, 0.25) is 5.91 Å². The first-order chi connectivity index (χ1) is 15.4. The van der Waals surface area contributed by atoms with Gasteiger partial charge in [0.25, 0.3) is 0 Å². The van der Waals surface area contributed by atoms with Gasteiger partial charge in [-0.15, -0.1) is 0 Å². The number of carbonyl (C=O) groups is 1. The fourth-order valence-corrected chi connectivity index (χ4v) is 5.12. The molecule has 0 aliphatic heterocycles. The fourth-order valence-electron chi connectivity index (χ4n) is 3.41. The minimum atomic E-state index is -4.13. The van der Waals surface area contributed by atoms with Crippen LogP contribution >= 0.6 is 11.6 Å². The summed E-state index contributed by atoms with van der Waals surface area (Å²) < 4.78 is 36.6. The summed E-state index contributed by atoms with van der Waals surface area (Å²) in [7, 11) is -4.13. The van der Waals surface area contributed by atoms with E-state index in [-0.39, 0.29) is 33.5 Å². The van der Waals surface area contributed by atoms with Crippen molar-refractivity contribution in [2.75, 3.05) is 0 Å². The van der Waals surface area contributed by atoms with Crippen molar-refractivity contribution in [2.45, 2.75) is 52.1 Å². The number of rotatable bonds is 8. The lowest BCUT2D eigenvalue weighted by atomic mass is 9.91. The molecule has 2 aromatic carbocycles. The third kappa shape index (κ3) is 6.85. The Kier molecular flexibility index (Phi) is 7.55. The first-order valence-corrected chi connectivity index (χ1v) is 12.3. The predicted molar refractivity (Wildman–Crippen MR) is 127 cm³/mol. The van der Waals surface area contributed by atoms with Gasteiger partial charge in [-0.25, -0.2) is 0 Å². The van der Waals surface area contributed by atoms with E-state index >= 15 is 0 Å². The van der Waals surface area contributed by atoms with Crippen molar-refractivity contribution in [3.05, 3.63) is 82.8 Å². The van der Waals surface area contributed by atoms with Gasteiger partial charge in [0, 0.05) is 13.0 Å². The van der Waals surface area contributed by atoms with Crippen molar-refractivity contribution < 1.29 is 21.8 Å². The van der Waals surface area contributed by atoms with Crippen LogP contribution in [-0.2, 0) is 28.0 Å². The second-order valence-electron chi connectivity index (χ2n) is 9.14. The summed E-state index contributed by atoms with van der Waals surface area (Å²) in [6.45, 7) is 8.26. The maximum Gasteiger partial charge on any atom is 0.340 e. The lowest BCUT2D eigenvalue weighted by Gasteiger charge is -2.26. The van der Waals surface area contributed by atoms with Crippen LogP contribution in [0.3, 0.4) is 0 Å². The molecule has 0 N–H and O–H groups in total. The Hall–Kier alpha value is -2.77. The maximum atomic E-state index is 13.0. The summed E-state index contributed by atoms with van der Waals surface area (Å²) in [4.78, 5) is 14.6. The van der Waals surface area contributed by atoms with Gasteiger partial charge in [-0.1, -0.05) is 56.6 Å². The Morgan fingerprint density at radius 1 is 1.06 bits per heavy atom. The standard InChI is InChI=1S/C25H28ClNO5S/c1-18-8-5-12-22(26)24(18)33(29,30)32-20-10-6-9-19(14-20)16-27(17-21-11-7-13-31-21)23(28)15-25(2,3)4/h5-14H,15-17H2,1-4H3. The van der Waals surface area contributed by atoms with Gasteiger partial charge in [-0.2, -0.15) is 8.42 Å². The molecule has 0 saturated heterocycles. The second kappa shape index (κ2) is 10.0. The molecule has 1 amide bonds. The molecule has 0 unspecified atom stereocenters. The van der Waals surface area contributed by atoms with Gasteiger partial charge in [0.1, 0.15) is 16.4 Å². The molecule has 0 aliphatic rings. The average molecular weight is 490 g/mol. The smallest absolute Gasteiger partial charge is 0.340 e. The van der Waals surface area contributed by atoms with E-state index in [9.17, 15) is 13.2 Å². The molecule has 3 rings (SSSR count). The Morgan fingerprint density at radius 3 is 2.42 bits per heavy atom. The van der Waals surface area contributed by atoms with Gasteiger partial charge >= 0.3 is 10.1 Å². The molecule has 3 aromatic rings. The molecule has 0 atom stereocenters. The minimum Gasteiger partial charge on any atom is -0.467 e. The van der Waals surface area contributed by atoms with Gasteiger partial charge in [0.15, 0.2) is 0 Å². The van der Waals surface area contributed by atoms with E-state index in [0.29, 0.717) is 24.3 Å². The Labute approximate surface area is 200 Å². The number of halogens is 1. The van der Waals surface area contributed by atoms with Crippen LogP contribution in [0.25, 0.3) is 0 Å². The Morgan fingerprint density at radius 2 is 1.79 bits per heavy atom. The van der Waals surface area contributed by atoms with E-state index in [1.165, 1.54) is 6.07 Å². The second-order valence-corrected chi connectivity index (χ2v) is 11.0. The van der Waals surface area contributed by atoms with Crippen molar-refractivity contribution in [1.82, 2.24) is 4.90 Å². The molecule has 0 fully saturated rings. The zero-order valence-corrected chi connectivity index (χ0v) is 20.7. The van der Waals surface area contributed by atoms with Gasteiger partial charge in [-0.05, 0) is 53.8 Å². The molecule has 0 radical (unpaired) electrons. The average Bonchev–Trinajstić information content (AvgIpc) is 3.19. The molecule has 0 saturated carbocycles. The first-order valence-electron chi connectivity index (χ1n) is 10.5. The zero-order valence-electron chi connectivity index (χ0n) is 19.2. The number of nitrogens with zero attached hydrogens (tertiary/aromatic N) is 1. The number of furan rings is 1. The van der Waals surface area contributed by atoms with Crippen LogP contribution in [0.4, 0.5) is 0 Å². The molecule has 0 aliphatic carbocycles. The molecule has 33 heavy (non-hydrogen) atoms. The highest BCUT2D eigenvalue weighted by Crippen LogP contribution is 2.29. The van der Waals surface area contributed by atoms with Gasteiger partial charge in [0.05, 0.1) is 17.8 Å². The zero-order chi connectivity index (χ0) is 24.2. The SMILES string of the molecule is Cc1cccc(Cl)c1S(=O)(=O)Oc1cccc(CN(Cc2ccco2)C(=O)CC(C)(C)C)c1. The van der Waals surface area contributed by atoms with E-state index in [4.69, 9.17) is 20.2 Å². The number of benzene rings is 2. The summed E-state index contributed by atoms with van der Waals surface area (Å²) >= 11 is 6.12. The quantitative estimate of drug-likeness (QED) is 0.364. The first kappa shape index (κ1) is 24.9. The Balaban J connectivity index is 1.83. The molecular formula is C25H28ClNO5S. The summed E-state index contributed by atoms with van der Waals surface area (Å²) in [5.41, 5.74) is 1.05. The normalized spacial score (nSPS) is 11.9. The minimum absolute atomic E-state index is 0.0236. The van der Waals surface area contributed by atoms with Crippen LogP contribution < -0.4 is 4.18 Å². The highest BCUT2D eigenvalue weighted by atomic mass is 35.5. The number of hydrogen-bond acceptors (Lipinski definition) is 5. The van der Waals surface area contributed by atoms with Crippen molar-refractivity contribution in [3.63, 3.8) is 0 Å². The van der Waals surface area contributed by atoms with Crippen LogP contribution in [0.15, 0.2) is 70.2 Å². The number of hydrogen-bond donors (Lipinski definition) is 0. The summed E-state index contributed by atoms with van der Waals surface area (Å²) in [6, 6.07) is 15.1. The number of aryl methyl sites for hydroxylation is 1. The highest BCUT2D eigenvalue weighted by molar-refractivity contribution is 7.87. The summed E-state index contributed by atoms with van der Waals surface area (Å²) in [5, 5.41) is 0.101. The predicted octanol–water partition coefficient (Wildman–Crippen LogP) is 5.97. The van der Waals surface area contributed by atoms with Gasteiger partial charge in [-0.3, -0.25) is 4.79 Å². The molecule has 0 spiro atoms. The third-order valence-corrected chi connectivity index (χ3v) is 6.73. The molecule has 176 valence electrons. The topological polar surface area (TPSA) is 76.8 Å². The molecular weight excluding hydrogens is 462 g/mol. The van der Waals surface area contributed by atoms with Crippen LogP contribution in [0, 0.1) is 12.3 Å². The Bertz CT molecular complexity index is 1190. The van der Waals surface area contributed by atoms with Crippen molar-refractivity contribution in [2.24, 2.45) is 5.41 Å². The van der Waals surface area contributed by atoms with Crippen molar-refractivity contribution in [3.8, 4) is 5.75 Å². The third-order valence-electron chi connectivity index (χ3n) is 4.85. The molecule has 0 bridgehead atoms. The number of amides is 1. The molecule has 8 heteroatoms. The van der Waals surface area contributed by atoms with Crippen LogP contribution in [0.1, 0.15) is 44.1 Å². The van der Waals surface area contributed by atoms with Crippen LogP contribution in [-0.4, -0.2) is 19.2 Å². The van der Waals surface area contributed by atoms with E-state index in [0.717, 1.165) is 5.56 Å². The lowest BCUT2D eigenvalue weighted by Crippen LogP contribution is -2.32. The fraction of sp³-hybridized carbons (Fsp3) is 0.320. The maximum absolute atomic E-state index is 13.0. The van der Waals surface area contributed by atoms with E-state index in [1.807, 2.05) is 32.9 Å². The van der Waals surface area contributed by atoms with E-state index < -0.39 is 10.1 Å². The highest BCUT2D eigenvalue weighted by Gasteiger charge is 2.24. The van der Waals surface area contributed by atoms with E-state index in [2.05, 4.69) is 0 Å². The lowest BCUT2D eigenvalue weighted by molar-refractivity contribution is -0.134. The van der Waals surface area contributed by atoms with Crippen LogP contribution in [0.2, 0.25) is 5.02 Å². The molecule has 6 nitrogen and oxygen atoms in total. The van der Waals surface area contributed by atoms with Gasteiger partial charge < -0.3 is 13.5 Å². The largest absolute Gasteiger partial charge is 0.467 e. The summed E-state index contributed by atoms with van der Waals surface area (Å²) in [5.74, 6) is 0.791. The van der Waals surface area contributed by atoms with Crippen LogP contribution in [0.5, 0.6) is 5.75 Å². The van der Waals surface area contributed by atoms with Crippen molar-refractivity contribution >= 4 is 27.6 Å². The summed E-state index contributed by atoms with van der Waals surface area (Å²) in [6.07, 6.45) is 1.93. The number of carbonyl (C=O) groups excluding carboxylic acids is 1. The monoisotopic (exact) mass is 489 g/mol.